The van der Waals surface area contributed by atoms with Crippen LogP contribution in [0.1, 0.15) is 71.1 Å². The summed E-state index contributed by atoms with van der Waals surface area (Å²) in [5.74, 6) is 4.99. The van der Waals surface area contributed by atoms with E-state index in [-0.39, 0.29) is 17.8 Å². The molecule has 0 aromatic rings. The van der Waals surface area contributed by atoms with E-state index in [2.05, 4.69) is 23.9 Å². The molecule has 2 fully saturated rings. The number of unbranched alkanes of at least 4 members (excludes halogenated alkanes) is 6. The van der Waals surface area contributed by atoms with Gasteiger partial charge in [0.2, 0.25) is 6.61 Å². The van der Waals surface area contributed by atoms with Gasteiger partial charge in [-0.25, -0.2) is 4.79 Å². The Morgan fingerprint density at radius 1 is 1.26 bits per heavy atom. The van der Waals surface area contributed by atoms with E-state index in [1.165, 1.54) is 32.1 Å². The molecule has 0 aromatic carbocycles. The second-order valence-electron chi connectivity index (χ2n) is 7.77. The number of rotatable bonds is 11. The Balaban J connectivity index is 1.67. The number of carbonyl (C=O) groups is 1. The minimum absolute atomic E-state index is 0.119. The Morgan fingerprint density at radius 2 is 1.96 bits per heavy atom. The van der Waals surface area contributed by atoms with Crippen LogP contribution in [0.25, 0.3) is 0 Å². The van der Waals surface area contributed by atoms with Gasteiger partial charge in [-0.3, -0.25) is 0 Å². The van der Waals surface area contributed by atoms with Crippen molar-refractivity contribution in [2.24, 2.45) is 22.9 Å². The normalized spacial score (nSPS) is 28.8. The average molecular weight is 379 g/mol. The van der Waals surface area contributed by atoms with Gasteiger partial charge in [0.15, 0.2) is 0 Å². The predicted molar refractivity (Wildman–Crippen MR) is 103 cm³/mol. The molecule has 0 heterocycles. The molecule has 0 bridgehead atoms. The molecular formula is C21H33NO5. The molecule has 6 nitrogen and oxygen atoms in total. The lowest BCUT2D eigenvalue weighted by Gasteiger charge is -2.33. The van der Waals surface area contributed by atoms with Crippen LogP contribution >= 0.6 is 0 Å². The van der Waals surface area contributed by atoms with Crippen molar-refractivity contribution in [3.63, 3.8) is 0 Å². The molecule has 0 aromatic heterocycles. The van der Waals surface area contributed by atoms with Crippen molar-refractivity contribution in [3.8, 4) is 11.8 Å². The fourth-order valence-electron chi connectivity index (χ4n) is 3.99. The summed E-state index contributed by atoms with van der Waals surface area (Å²) in [7, 11) is 0. The summed E-state index contributed by atoms with van der Waals surface area (Å²) in [5.41, 5.74) is 0.813. The van der Waals surface area contributed by atoms with E-state index in [1.54, 1.807) is 0 Å². The number of fused-ring (bicyclic) bond motifs is 1. The summed E-state index contributed by atoms with van der Waals surface area (Å²) in [6.07, 6.45) is 9.34. The Morgan fingerprint density at radius 3 is 2.67 bits per heavy atom. The summed E-state index contributed by atoms with van der Waals surface area (Å²) < 4.78 is 0. The van der Waals surface area contributed by atoms with Crippen LogP contribution in [-0.4, -0.2) is 45.8 Å². The van der Waals surface area contributed by atoms with Gasteiger partial charge in [-0.15, -0.1) is 0 Å². The van der Waals surface area contributed by atoms with E-state index in [4.69, 9.17) is 9.94 Å². The van der Waals surface area contributed by atoms with Crippen LogP contribution in [0.2, 0.25) is 0 Å². The molecule has 6 heteroatoms. The minimum Gasteiger partial charge on any atom is -0.479 e. The molecule has 152 valence electrons. The molecule has 0 amide bonds. The van der Waals surface area contributed by atoms with E-state index >= 15 is 0 Å². The van der Waals surface area contributed by atoms with Crippen LogP contribution < -0.4 is 0 Å². The maximum Gasteiger partial charge on any atom is 0.344 e. The quantitative estimate of drug-likeness (QED) is 0.291. The van der Waals surface area contributed by atoms with Gasteiger partial charge in [-0.2, -0.15) is 0 Å². The van der Waals surface area contributed by atoms with Gasteiger partial charge in [0, 0.05) is 11.8 Å². The van der Waals surface area contributed by atoms with Gasteiger partial charge in [-0.1, -0.05) is 62.4 Å². The molecule has 5 atom stereocenters. The lowest BCUT2D eigenvalue weighted by Crippen LogP contribution is -2.38. The van der Waals surface area contributed by atoms with Crippen LogP contribution in [0.3, 0.4) is 0 Å². The van der Waals surface area contributed by atoms with Gasteiger partial charge in [0.05, 0.1) is 11.8 Å². The Bertz CT molecular complexity index is 565. The van der Waals surface area contributed by atoms with Crippen molar-refractivity contribution in [2.45, 2.75) is 83.3 Å². The number of aliphatic hydroxyl groups excluding tert-OH is 2. The van der Waals surface area contributed by atoms with E-state index < -0.39 is 24.8 Å². The molecule has 0 radical (unpaired) electrons. The van der Waals surface area contributed by atoms with Gasteiger partial charge < -0.3 is 20.2 Å². The van der Waals surface area contributed by atoms with E-state index in [9.17, 15) is 15.0 Å². The third-order valence-electron chi connectivity index (χ3n) is 5.63. The number of oxime groups is 1. The molecule has 2 rings (SSSR count). The van der Waals surface area contributed by atoms with Gasteiger partial charge in [0.1, 0.15) is 6.10 Å². The third kappa shape index (κ3) is 6.82. The Labute approximate surface area is 162 Å². The second-order valence-corrected chi connectivity index (χ2v) is 7.77. The number of carboxylic acids is 1. The van der Waals surface area contributed by atoms with Gasteiger partial charge in [-0.05, 0) is 31.6 Å². The first kappa shape index (κ1) is 21.7. The number of aliphatic carboxylic acids is 1. The van der Waals surface area contributed by atoms with Crippen molar-refractivity contribution >= 4 is 11.7 Å². The summed E-state index contributed by atoms with van der Waals surface area (Å²) in [6, 6.07) is 0. The molecule has 27 heavy (non-hydrogen) atoms. The van der Waals surface area contributed by atoms with Gasteiger partial charge >= 0.3 is 5.97 Å². The summed E-state index contributed by atoms with van der Waals surface area (Å²) >= 11 is 0. The van der Waals surface area contributed by atoms with Crippen molar-refractivity contribution in [2.75, 3.05) is 6.61 Å². The van der Waals surface area contributed by atoms with Crippen molar-refractivity contribution in [1.82, 2.24) is 0 Å². The van der Waals surface area contributed by atoms with Crippen LogP contribution in [0, 0.1) is 29.6 Å². The monoisotopic (exact) mass is 379 g/mol. The molecule has 0 spiro atoms. The molecule has 0 aliphatic heterocycles. The topological polar surface area (TPSA) is 99.4 Å². The highest BCUT2D eigenvalue weighted by atomic mass is 16.6. The number of hydrogen-bond donors (Lipinski definition) is 3. The lowest BCUT2D eigenvalue weighted by molar-refractivity contribution is -0.142. The molecule has 2 aliphatic rings. The molecule has 2 saturated carbocycles. The highest BCUT2D eigenvalue weighted by Gasteiger charge is 2.51. The SMILES string of the molecule is CCCCCCCCCC(O)C#CC1CC2/C(=N\OCC(=O)O)CC2C1O. The average Bonchev–Trinajstić information content (AvgIpc) is 2.86. The zero-order chi connectivity index (χ0) is 19.6. The van der Waals surface area contributed by atoms with Crippen LogP contribution in [0.5, 0.6) is 0 Å². The highest BCUT2D eigenvalue weighted by Crippen LogP contribution is 2.47. The smallest absolute Gasteiger partial charge is 0.344 e. The highest BCUT2D eigenvalue weighted by molar-refractivity contribution is 5.93. The van der Waals surface area contributed by atoms with E-state index in [1.807, 2.05) is 0 Å². The zero-order valence-corrected chi connectivity index (χ0v) is 16.3. The van der Waals surface area contributed by atoms with Crippen molar-refractivity contribution in [1.29, 1.82) is 0 Å². The maximum absolute atomic E-state index is 10.4. The number of carboxylic acid groups (broad SMARTS) is 1. The largest absolute Gasteiger partial charge is 0.479 e. The standard InChI is InChI=1S/C21H33NO5/c1-2-3-4-5-6-7-8-9-16(23)11-10-15-12-17-18(21(15)26)13-19(17)22-27-14-20(24)25/h15-18,21,23,26H,2-9,12-14H2,1H3,(H,24,25)/b22-19-. The van der Waals surface area contributed by atoms with Crippen LogP contribution in [0.15, 0.2) is 5.16 Å². The van der Waals surface area contributed by atoms with Crippen LogP contribution in [0.4, 0.5) is 0 Å². The van der Waals surface area contributed by atoms with E-state index in [0.29, 0.717) is 19.3 Å². The summed E-state index contributed by atoms with van der Waals surface area (Å²) in [5, 5.41) is 32.9. The lowest BCUT2D eigenvalue weighted by atomic mass is 9.73. The van der Waals surface area contributed by atoms with E-state index in [0.717, 1.165) is 18.6 Å². The first-order chi connectivity index (χ1) is 13.0. The summed E-state index contributed by atoms with van der Waals surface area (Å²) in [6.45, 7) is 1.76. The first-order valence-corrected chi connectivity index (χ1v) is 10.3. The Kier molecular flexibility index (Phi) is 9.09. The van der Waals surface area contributed by atoms with Gasteiger partial charge in [0.25, 0.3) is 0 Å². The third-order valence-corrected chi connectivity index (χ3v) is 5.63. The Hall–Kier alpha value is -1.58. The fourth-order valence-corrected chi connectivity index (χ4v) is 3.99. The predicted octanol–water partition coefficient (Wildman–Crippen LogP) is 2.97. The number of aliphatic hydroxyl groups is 2. The summed E-state index contributed by atoms with van der Waals surface area (Å²) in [4.78, 5) is 15.2. The molecular weight excluding hydrogens is 346 g/mol. The molecule has 3 N–H and O–H groups in total. The minimum atomic E-state index is -1.06. The number of hydrogen-bond acceptors (Lipinski definition) is 5. The number of nitrogens with zero attached hydrogens (tertiary/aromatic N) is 1. The second kappa shape index (κ2) is 11.3. The fraction of sp³-hybridized carbons (Fsp3) is 0.810. The van der Waals surface area contributed by atoms with Crippen molar-refractivity contribution in [3.05, 3.63) is 0 Å². The van der Waals surface area contributed by atoms with Crippen LogP contribution in [-0.2, 0) is 9.63 Å². The molecule has 2 aliphatic carbocycles. The zero-order valence-electron chi connectivity index (χ0n) is 16.3. The molecule has 5 unspecified atom stereocenters. The first-order valence-electron chi connectivity index (χ1n) is 10.3. The van der Waals surface area contributed by atoms with Crippen molar-refractivity contribution < 1.29 is 25.0 Å². The molecule has 0 saturated heterocycles. The maximum atomic E-state index is 10.4.